The monoisotopic (exact) mass is 580 g/mol. The third-order valence-corrected chi connectivity index (χ3v) is 10.6. The van der Waals surface area contributed by atoms with Crippen molar-refractivity contribution in [1.82, 2.24) is 4.90 Å². The maximum atomic E-state index is 14.4. The van der Waals surface area contributed by atoms with Crippen molar-refractivity contribution in [3.63, 3.8) is 0 Å². The first-order valence-corrected chi connectivity index (χ1v) is 14.1. The third-order valence-electron chi connectivity index (χ3n) is 7.35. The number of methoxy groups -OCH3 is 1. The molecule has 196 valence electrons. The van der Waals surface area contributed by atoms with Crippen LogP contribution in [0.2, 0.25) is 0 Å². The molecule has 3 fully saturated rings. The molecule has 3 heterocycles. The summed E-state index contributed by atoms with van der Waals surface area (Å²) >= 11 is 5.34. The molecule has 36 heavy (non-hydrogen) atoms. The van der Waals surface area contributed by atoms with Gasteiger partial charge < -0.3 is 24.4 Å². The number of aliphatic hydroxyl groups excluding tert-OH is 1. The van der Waals surface area contributed by atoms with Gasteiger partial charge in [-0.2, -0.15) is 0 Å². The Hall–Kier alpha value is -2.04. The first-order valence-electron chi connectivity index (χ1n) is 12.3. The summed E-state index contributed by atoms with van der Waals surface area (Å²) in [6.45, 7) is 6.46. The van der Waals surface area contributed by atoms with Gasteiger partial charge in [-0.3, -0.25) is 14.4 Å². The summed E-state index contributed by atoms with van der Waals surface area (Å²) < 4.78 is 9.92. The predicted octanol–water partition coefficient (Wildman–Crippen LogP) is 3.01. The number of likely N-dealkylation sites (tertiary alicyclic amines) is 1. The molecule has 2 amide bonds. The average Bonchev–Trinajstić information content (AvgIpc) is 3.46. The van der Waals surface area contributed by atoms with E-state index in [1.54, 1.807) is 53.8 Å². The molecule has 8 nitrogen and oxygen atoms in total. The number of hydrogen-bond acceptors (Lipinski definition) is 7. The topological polar surface area (TPSA) is 96.4 Å². The summed E-state index contributed by atoms with van der Waals surface area (Å²) in [7, 11) is 1.58. The molecule has 0 radical (unpaired) electrons. The van der Waals surface area contributed by atoms with Crippen molar-refractivity contribution in [1.29, 1.82) is 0 Å². The number of hydrogen-bond donors (Lipinski definition) is 1. The quantitative estimate of drug-likeness (QED) is 0.186. The van der Waals surface area contributed by atoms with Crippen LogP contribution in [0.25, 0.3) is 0 Å². The minimum absolute atomic E-state index is 0.00933. The van der Waals surface area contributed by atoms with Gasteiger partial charge >= 0.3 is 5.97 Å². The van der Waals surface area contributed by atoms with Gasteiger partial charge in [0.05, 0.1) is 30.3 Å². The molecule has 1 spiro atoms. The van der Waals surface area contributed by atoms with E-state index in [1.807, 2.05) is 12.1 Å². The number of rotatable bonds is 11. The Bertz CT molecular complexity index is 1010. The Morgan fingerprint density at radius 2 is 2.06 bits per heavy atom. The molecule has 10 heteroatoms. The Morgan fingerprint density at radius 3 is 2.67 bits per heavy atom. The number of fused-ring (bicyclic) bond motifs is 1. The van der Waals surface area contributed by atoms with Gasteiger partial charge in [0, 0.05) is 35.5 Å². The van der Waals surface area contributed by atoms with E-state index in [0.717, 1.165) is 0 Å². The average molecular weight is 582 g/mol. The Morgan fingerprint density at radius 1 is 1.33 bits per heavy atom. The molecule has 3 saturated heterocycles. The van der Waals surface area contributed by atoms with Gasteiger partial charge in [-0.15, -0.1) is 18.3 Å². The summed E-state index contributed by atoms with van der Waals surface area (Å²) in [6, 6.07) is 6.47. The maximum Gasteiger partial charge on any atom is 0.310 e. The third kappa shape index (κ3) is 4.45. The fourth-order valence-corrected chi connectivity index (χ4v) is 9.51. The zero-order valence-corrected chi connectivity index (χ0v) is 23.0. The summed E-state index contributed by atoms with van der Waals surface area (Å²) in [4.78, 5) is 44.6. The fourth-order valence-electron chi connectivity index (χ4n) is 5.91. The van der Waals surface area contributed by atoms with Crippen molar-refractivity contribution >= 4 is 51.2 Å². The van der Waals surface area contributed by atoms with Crippen LogP contribution in [-0.4, -0.2) is 82.1 Å². The van der Waals surface area contributed by atoms with Crippen molar-refractivity contribution < 1.29 is 29.0 Å². The van der Waals surface area contributed by atoms with Gasteiger partial charge in [-0.25, -0.2) is 0 Å². The van der Waals surface area contributed by atoms with E-state index in [2.05, 4.69) is 22.5 Å². The number of ether oxygens (including phenoxy) is 2. The second kappa shape index (κ2) is 11.1. The molecule has 6 atom stereocenters. The molecule has 4 rings (SSSR count). The largest absolute Gasteiger partial charge is 0.497 e. The van der Waals surface area contributed by atoms with E-state index < -0.39 is 22.6 Å². The van der Waals surface area contributed by atoms with E-state index in [-0.39, 0.29) is 47.6 Å². The molecule has 2 bridgehead atoms. The van der Waals surface area contributed by atoms with E-state index in [4.69, 9.17) is 9.47 Å². The second-order valence-corrected chi connectivity index (χ2v) is 12.0. The van der Waals surface area contributed by atoms with Crippen LogP contribution in [-0.2, 0) is 19.1 Å². The summed E-state index contributed by atoms with van der Waals surface area (Å²) in [5, 5.41) is 9.20. The van der Waals surface area contributed by atoms with Crippen LogP contribution in [0.3, 0.4) is 0 Å². The SMILES string of the molecule is C=CCN(C(=O)C1N(CCCCO)C(=O)[C@@H]2[C@@H](C(=O)OCC)[C@@H]3SC12CC3Br)c1ccc(OC)cc1. The molecule has 3 aliphatic rings. The van der Waals surface area contributed by atoms with Crippen LogP contribution in [0.5, 0.6) is 5.75 Å². The van der Waals surface area contributed by atoms with Crippen molar-refractivity contribution in [2.75, 3.05) is 38.3 Å². The van der Waals surface area contributed by atoms with Crippen molar-refractivity contribution in [3.8, 4) is 5.75 Å². The van der Waals surface area contributed by atoms with Crippen LogP contribution in [0.1, 0.15) is 26.2 Å². The number of unbranched alkanes of at least 4 members (excludes halogenated alkanes) is 1. The van der Waals surface area contributed by atoms with Gasteiger partial charge in [0.25, 0.3) is 5.91 Å². The highest BCUT2D eigenvalue weighted by Crippen LogP contribution is 2.68. The molecular formula is C26H33BrN2O6S. The van der Waals surface area contributed by atoms with E-state index in [1.165, 1.54) is 0 Å². The summed E-state index contributed by atoms with van der Waals surface area (Å²) in [5.74, 6) is -1.29. The highest BCUT2D eigenvalue weighted by atomic mass is 79.9. The van der Waals surface area contributed by atoms with Crippen molar-refractivity contribution in [2.24, 2.45) is 11.8 Å². The van der Waals surface area contributed by atoms with E-state index in [0.29, 0.717) is 37.2 Å². The zero-order valence-electron chi connectivity index (χ0n) is 20.6. The highest BCUT2D eigenvalue weighted by molar-refractivity contribution is 9.09. The fraction of sp³-hybridized carbons (Fsp3) is 0.577. The van der Waals surface area contributed by atoms with Gasteiger partial charge in [-0.1, -0.05) is 22.0 Å². The number of amides is 2. The van der Waals surface area contributed by atoms with E-state index in [9.17, 15) is 19.5 Å². The molecule has 0 saturated carbocycles. The molecule has 0 aromatic heterocycles. The number of benzene rings is 1. The molecule has 1 aromatic carbocycles. The molecule has 3 aliphatic heterocycles. The second-order valence-electron chi connectivity index (χ2n) is 9.31. The first kappa shape index (κ1) is 27.0. The lowest BCUT2D eigenvalue weighted by Crippen LogP contribution is -2.55. The lowest BCUT2D eigenvalue weighted by Gasteiger charge is -2.37. The Kier molecular flexibility index (Phi) is 8.36. The Labute approximate surface area is 224 Å². The number of alkyl halides is 1. The normalized spacial score (nSPS) is 30.3. The van der Waals surface area contributed by atoms with Crippen molar-refractivity contribution in [3.05, 3.63) is 36.9 Å². The van der Waals surface area contributed by atoms with Gasteiger partial charge in [-0.05, 0) is 50.5 Å². The molecular weight excluding hydrogens is 548 g/mol. The number of carbonyl (C=O) groups excluding carboxylic acids is 3. The lowest BCUT2D eigenvalue weighted by atomic mass is 9.71. The van der Waals surface area contributed by atoms with Gasteiger partial charge in [0.1, 0.15) is 11.8 Å². The number of esters is 1. The number of nitrogens with zero attached hydrogens (tertiary/aromatic N) is 2. The molecule has 1 aromatic rings. The minimum atomic E-state index is -0.745. The lowest BCUT2D eigenvalue weighted by molar-refractivity contribution is -0.153. The van der Waals surface area contributed by atoms with Crippen LogP contribution in [0, 0.1) is 11.8 Å². The standard InChI is InChI=1S/C26H33BrN2O6S/c1-4-12-28(16-8-10-17(34-3)11-9-16)24(32)22-26-15-18(27)21(36-26)19(25(33)35-5-2)20(26)23(31)29(22)13-6-7-14-30/h4,8-11,18-22,30H,1,5-7,12-15H2,2-3H3/t18?,19-,20+,21-,22?,26?/m1/s1. The summed E-state index contributed by atoms with van der Waals surface area (Å²) in [6.07, 6.45) is 3.36. The van der Waals surface area contributed by atoms with Gasteiger partial charge in [0.15, 0.2) is 0 Å². The predicted molar refractivity (Wildman–Crippen MR) is 142 cm³/mol. The smallest absolute Gasteiger partial charge is 0.310 e. The molecule has 0 aliphatic carbocycles. The van der Waals surface area contributed by atoms with Crippen LogP contribution < -0.4 is 9.64 Å². The van der Waals surface area contributed by atoms with Crippen LogP contribution in [0.15, 0.2) is 36.9 Å². The zero-order chi connectivity index (χ0) is 26.0. The van der Waals surface area contributed by atoms with Gasteiger partial charge in [0.2, 0.25) is 5.91 Å². The Balaban J connectivity index is 1.76. The number of aliphatic hydroxyl groups is 1. The van der Waals surface area contributed by atoms with Crippen LogP contribution in [0.4, 0.5) is 5.69 Å². The van der Waals surface area contributed by atoms with Crippen molar-refractivity contribution in [2.45, 2.75) is 47.1 Å². The minimum Gasteiger partial charge on any atom is -0.497 e. The molecule has 3 unspecified atom stereocenters. The number of anilines is 1. The van der Waals surface area contributed by atoms with E-state index >= 15 is 0 Å². The molecule has 1 N–H and O–H groups in total. The number of carbonyl (C=O) groups is 3. The highest BCUT2D eigenvalue weighted by Gasteiger charge is 2.76. The summed E-state index contributed by atoms with van der Waals surface area (Å²) in [5.41, 5.74) is 0.679. The first-order chi connectivity index (χ1) is 17.3. The van der Waals surface area contributed by atoms with Crippen LogP contribution >= 0.6 is 27.7 Å². The number of thioether (sulfide) groups is 1. The number of halogens is 1. The maximum absolute atomic E-state index is 14.4.